The number of amides is 1. The van der Waals surface area contributed by atoms with Crippen LogP contribution in [0.5, 0.6) is 5.75 Å². The van der Waals surface area contributed by atoms with Gasteiger partial charge in [-0.15, -0.1) is 0 Å². The zero-order valence-corrected chi connectivity index (χ0v) is 18.7. The molecule has 0 unspecified atom stereocenters. The first kappa shape index (κ1) is 25.7. The van der Waals surface area contributed by atoms with Crippen LogP contribution in [0.1, 0.15) is 37.3 Å². The minimum atomic E-state index is -4.67. The minimum absolute atomic E-state index is 0.00338. The number of methoxy groups -OCH3 is 1. The number of carbonyl (C=O) groups excluding carboxylic acids is 1. The second-order valence-corrected chi connectivity index (χ2v) is 8.66. The van der Waals surface area contributed by atoms with Gasteiger partial charge in [0.05, 0.1) is 12.2 Å². The van der Waals surface area contributed by atoms with Gasteiger partial charge in [0.25, 0.3) is 0 Å². The largest absolute Gasteiger partial charge is 0.416 e. The molecule has 0 saturated carbocycles. The fourth-order valence-corrected chi connectivity index (χ4v) is 3.83. The van der Waals surface area contributed by atoms with Crippen molar-refractivity contribution in [2.24, 2.45) is 0 Å². The summed E-state index contributed by atoms with van der Waals surface area (Å²) < 4.78 is 73.4. The van der Waals surface area contributed by atoms with Crippen molar-refractivity contribution in [2.75, 3.05) is 20.3 Å². The summed E-state index contributed by atoms with van der Waals surface area (Å²) in [6, 6.07) is 9.34. The highest BCUT2D eigenvalue weighted by Gasteiger charge is 2.32. The van der Waals surface area contributed by atoms with Gasteiger partial charge in [0.15, 0.2) is 0 Å². The number of halogens is 3. The van der Waals surface area contributed by atoms with Gasteiger partial charge in [0.1, 0.15) is 10.6 Å². The molecule has 2 aromatic rings. The van der Waals surface area contributed by atoms with Crippen LogP contribution < -0.4 is 4.18 Å². The highest BCUT2D eigenvalue weighted by atomic mass is 32.2. The Bertz CT molecular complexity index is 991. The van der Waals surface area contributed by atoms with Gasteiger partial charge in [-0.3, -0.25) is 4.79 Å². The van der Waals surface area contributed by atoms with E-state index in [1.54, 1.807) is 24.1 Å². The molecule has 6 nitrogen and oxygen atoms in total. The van der Waals surface area contributed by atoms with Crippen molar-refractivity contribution in [1.29, 1.82) is 0 Å². The Labute approximate surface area is 186 Å². The summed E-state index contributed by atoms with van der Waals surface area (Å²) in [6.45, 7) is 3.11. The van der Waals surface area contributed by atoms with Gasteiger partial charge in [0.2, 0.25) is 5.91 Å². The molecule has 0 aliphatic heterocycles. The normalized spacial score (nSPS) is 11.9. The number of nitrogens with zero attached hydrogens (tertiary/aromatic N) is 1. The molecule has 0 fully saturated rings. The lowest BCUT2D eigenvalue weighted by Crippen LogP contribution is -2.33. The van der Waals surface area contributed by atoms with E-state index in [-0.39, 0.29) is 11.7 Å². The van der Waals surface area contributed by atoms with Gasteiger partial charge in [-0.1, -0.05) is 31.5 Å². The number of rotatable bonds is 11. The van der Waals surface area contributed by atoms with Gasteiger partial charge in [-0.2, -0.15) is 21.6 Å². The summed E-state index contributed by atoms with van der Waals surface area (Å²) in [5.41, 5.74) is -0.337. The minimum Gasteiger partial charge on any atom is -0.383 e. The monoisotopic (exact) mass is 473 g/mol. The summed E-state index contributed by atoms with van der Waals surface area (Å²) in [5.74, 6) is -0.0525. The number of carbonyl (C=O) groups is 1. The van der Waals surface area contributed by atoms with Crippen LogP contribution in [0, 0.1) is 0 Å². The SMILES string of the molecule is CCCCC(=O)N(CCOC)Cc1ccc(OS(=O)(=O)c2cccc(C(F)(F)F)c2)cc1. The number of alkyl halides is 3. The van der Waals surface area contributed by atoms with Crippen molar-refractivity contribution in [3.63, 3.8) is 0 Å². The Balaban J connectivity index is 2.11. The molecule has 0 aromatic heterocycles. The summed E-state index contributed by atoms with van der Waals surface area (Å²) in [7, 11) is -2.90. The Morgan fingerprint density at radius 3 is 2.38 bits per heavy atom. The zero-order valence-electron chi connectivity index (χ0n) is 17.9. The third-order valence-electron chi connectivity index (χ3n) is 4.61. The van der Waals surface area contributed by atoms with Crippen molar-refractivity contribution in [2.45, 2.75) is 43.8 Å². The molecular weight excluding hydrogens is 447 g/mol. The number of hydrogen-bond donors (Lipinski definition) is 0. The molecule has 1 amide bonds. The second kappa shape index (κ2) is 11.3. The highest BCUT2D eigenvalue weighted by molar-refractivity contribution is 7.87. The van der Waals surface area contributed by atoms with Crippen LogP contribution in [0.15, 0.2) is 53.4 Å². The van der Waals surface area contributed by atoms with Crippen molar-refractivity contribution in [3.05, 3.63) is 59.7 Å². The van der Waals surface area contributed by atoms with E-state index < -0.39 is 26.8 Å². The topological polar surface area (TPSA) is 72.9 Å². The van der Waals surface area contributed by atoms with E-state index in [0.29, 0.717) is 32.2 Å². The molecule has 2 rings (SSSR count). The predicted molar refractivity (Wildman–Crippen MR) is 113 cm³/mol. The van der Waals surface area contributed by atoms with Gasteiger partial charge in [-0.05, 0) is 42.3 Å². The molecule has 2 aromatic carbocycles. The zero-order chi connectivity index (χ0) is 23.8. The Hall–Kier alpha value is -2.59. The lowest BCUT2D eigenvalue weighted by molar-refractivity contribution is -0.137. The Morgan fingerprint density at radius 2 is 1.78 bits per heavy atom. The van der Waals surface area contributed by atoms with Crippen molar-refractivity contribution < 1.29 is 35.3 Å². The third kappa shape index (κ3) is 7.52. The van der Waals surface area contributed by atoms with Crippen LogP contribution >= 0.6 is 0 Å². The van der Waals surface area contributed by atoms with Crippen LogP contribution in [-0.4, -0.2) is 39.5 Å². The Kier molecular flexibility index (Phi) is 9.09. The van der Waals surface area contributed by atoms with Crippen LogP contribution in [0.3, 0.4) is 0 Å². The summed E-state index contributed by atoms with van der Waals surface area (Å²) >= 11 is 0. The maximum Gasteiger partial charge on any atom is 0.416 e. The van der Waals surface area contributed by atoms with E-state index in [0.717, 1.165) is 36.6 Å². The molecule has 176 valence electrons. The summed E-state index contributed by atoms with van der Waals surface area (Å²) in [4.78, 5) is 13.5. The quantitative estimate of drug-likeness (QED) is 0.445. The molecule has 32 heavy (non-hydrogen) atoms. The smallest absolute Gasteiger partial charge is 0.383 e. The van der Waals surface area contributed by atoms with E-state index in [1.165, 1.54) is 12.1 Å². The number of ether oxygens (including phenoxy) is 1. The maximum atomic E-state index is 12.9. The molecule has 0 aliphatic carbocycles. The fourth-order valence-electron chi connectivity index (χ4n) is 2.85. The first-order valence-electron chi connectivity index (χ1n) is 10.0. The number of unbranched alkanes of at least 4 members (excludes halogenated alkanes) is 1. The first-order chi connectivity index (χ1) is 15.1. The van der Waals surface area contributed by atoms with E-state index in [9.17, 15) is 26.4 Å². The number of hydrogen-bond acceptors (Lipinski definition) is 5. The van der Waals surface area contributed by atoms with E-state index >= 15 is 0 Å². The van der Waals surface area contributed by atoms with Gasteiger partial charge in [-0.25, -0.2) is 0 Å². The van der Waals surface area contributed by atoms with Gasteiger partial charge >= 0.3 is 16.3 Å². The van der Waals surface area contributed by atoms with Crippen molar-refractivity contribution in [3.8, 4) is 5.75 Å². The standard InChI is InChI=1S/C22H26F3NO5S/c1-3-4-8-21(27)26(13-14-30-2)16-17-9-11-19(12-10-17)31-32(28,29)20-7-5-6-18(15-20)22(23,24)25/h5-7,9-12,15H,3-4,8,13-14,16H2,1-2H3. The predicted octanol–water partition coefficient (Wildman–Crippen LogP) is 4.64. The average Bonchev–Trinajstić information content (AvgIpc) is 2.75. The molecule has 0 bridgehead atoms. The Morgan fingerprint density at radius 1 is 1.09 bits per heavy atom. The van der Waals surface area contributed by atoms with Crippen LogP contribution in [0.4, 0.5) is 13.2 Å². The van der Waals surface area contributed by atoms with E-state index in [4.69, 9.17) is 8.92 Å². The molecule has 0 heterocycles. The van der Waals surface area contributed by atoms with Crippen molar-refractivity contribution in [1.82, 2.24) is 4.90 Å². The van der Waals surface area contributed by atoms with E-state index in [2.05, 4.69) is 0 Å². The summed E-state index contributed by atoms with van der Waals surface area (Å²) in [6.07, 6.45) is -2.56. The van der Waals surface area contributed by atoms with Crippen LogP contribution in [-0.2, 0) is 32.4 Å². The number of benzene rings is 2. The maximum absolute atomic E-state index is 12.9. The van der Waals surface area contributed by atoms with Crippen LogP contribution in [0.2, 0.25) is 0 Å². The average molecular weight is 474 g/mol. The van der Waals surface area contributed by atoms with Crippen molar-refractivity contribution >= 4 is 16.0 Å². The lowest BCUT2D eigenvalue weighted by atomic mass is 10.2. The van der Waals surface area contributed by atoms with E-state index in [1.807, 2.05) is 6.92 Å². The lowest BCUT2D eigenvalue weighted by Gasteiger charge is -2.22. The fraction of sp³-hybridized carbons (Fsp3) is 0.409. The first-order valence-corrected chi connectivity index (χ1v) is 11.4. The second-order valence-electron chi connectivity index (χ2n) is 7.12. The molecule has 0 saturated heterocycles. The molecule has 0 radical (unpaired) electrons. The highest BCUT2D eigenvalue weighted by Crippen LogP contribution is 2.31. The molecule has 0 N–H and O–H groups in total. The van der Waals surface area contributed by atoms with Gasteiger partial charge in [0, 0.05) is 26.6 Å². The molecule has 0 atom stereocenters. The third-order valence-corrected chi connectivity index (χ3v) is 5.86. The molecule has 0 aliphatic rings. The molecular formula is C22H26F3NO5S. The molecule has 0 spiro atoms. The van der Waals surface area contributed by atoms with Gasteiger partial charge < -0.3 is 13.8 Å². The summed E-state index contributed by atoms with van der Waals surface area (Å²) in [5, 5.41) is 0. The van der Waals surface area contributed by atoms with Crippen LogP contribution in [0.25, 0.3) is 0 Å². The molecule has 10 heteroatoms.